The van der Waals surface area contributed by atoms with Gasteiger partial charge in [-0.15, -0.1) is 0 Å². The standard InChI is InChI=1S/C26H27FN6O3/c27-15-19-2-1-3-21(14-19)33-22-17-32(9-8-31-10-12-36-13-11-31)30-25(34)23(22)24(29-26(33)35)20-6-4-18(16-28)5-7-20/h1-7,14,24H,8-13,15,17H2,(H,29,35)(H,30,34)/t24-/m1/s1. The van der Waals surface area contributed by atoms with Crippen LogP contribution in [0.25, 0.3) is 0 Å². The van der Waals surface area contributed by atoms with Crippen LogP contribution in [0, 0.1) is 11.3 Å². The SMILES string of the molecule is N#Cc1ccc([C@H]2NC(=O)N(c3cccc(CF)c3)C3=C2C(=O)NN(CCN2CCOCC2)C3)cc1. The molecule has 5 rings (SSSR count). The van der Waals surface area contributed by atoms with Gasteiger partial charge < -0.3 is 10.1 Å². The summed E-state index contributed by atoms with van der Waals surface area (Å²) in [5, 5.41) is 13.9. The highest BCUT2D eigenvalue weighted by Crippen LogP contribution is 2.36. The van der Waals surface area contributed by atoms with E-state index in [4.69, 9.17) is 10.00 Å². The van der Waals surface area contributed by atoms with E-state index in [-0.39, 0.29) is 5.91 Å². The zero-order chi connectivity index (χ0) is 25.1. The molecular weight excluding hydrogens is 463 g/mol. The Morgan fingerprint density at radius 1 is 1.08 bits per heavy atom. The molecule has 0 radical (unpaired) electrons. The molecule has 3 aliphatic rings. The number of nitrogens with one attached hydrogen (secondary N) is 2. The number of carbonyl (C=O) groups is 2. The number of benzene rings is 2. The first-order valence-electron chi connectivity index (χ1n) is 11.9. The van der Waals surface area contributed by atoms with E-state index in [0.717, 1.165) is 19.6 Å². The van der Waals surface area contributed by atoms with Crippen molar-refractivity contribution in [3.8, 4) is 6.07 Å². The number of hydrogen-bond donors (Lipinski definition) is 2. The number of morpholine rings is 1. The molecule has 0 saturated carbocycles. The van der Waals surface area contributed by atoms with Gasteiger partial charge >= 0.3 is 6.03 Å². The highest BCUT2D eigenvalue weighted by atomic mass is 19.1. The van der Waals surface area contributed by atoms with Crippen molar-refractivity contribution in [2.45, 2.75) is 12.7 Å². The van der Waals surface area contributed by atoms with Crippen LogP contribution < -0.4 is 15.6 Å². The van der Waals surface area contributed by atoms with Gasteiger partial charge in [-0.2, -0.15) is 5.26 Å². The molecule has 0 spiro atoms. The lowest BCUT2D eigenvalue weighted by molar-refractivity contribution is -0.123. The molecule has 3 heterocycles. The minimum Gasteiger partial charge on any atom is -0.379 e. The number of nitriles is 1. The summed E-state index contributed by atoms with van der Waals surface area (Å²) >= 11 is 0. The molecule has 0 unspecified atom stereocenters. The first kappa shape index (κ1) is 23.9. The zero-order valence-corrected chi connectivity index (χ0v) is 19.7. The fourth-order valence-electron chi connectivity index (χ4n) is 4.79. The Morgan fingerprint density at radius 2 is 1.86 bits per heavy atom. The lowest BCUT2D eigenvalue weighted by Crippen LogP contribution is -2.59. The minimum atomic E-state index is -0.678. The van der Waals surface area contributed by atoms with Gasteiger partial charge in [-0.3, -0.25) is 20.0 Å². The van der Waals surface area contributed by atoms with E-state index in [1.165, 1.54) is 4.90 Å². The minimum absolute atomic E-state index is 0.306. The number of carbonyl (C=O) groups excluding carboxylic acids is 2. The summed E-state index contributed by atoms with van der Waals surface area (Å²) in [5.41, 5.74) is 6.08. The van der Waals surface area contributed by atoms with Crippen LogP contribution >= 0.6 is 0 Å². The number of alkyl halides is 1. The number of halogens is 1. The van der Waals surface area contributed by atoms with Crippen LogP contribution in [0.5, 0.6) is 0 Å². The van der Waals surface area contributed by atoms with Gasteiger partial charge in [-0.1, -0.05) is 24.3 Å². The van der Waals surface area contributed by atoms with Gasteiger partial charge in [-0.25, -0.2) is 14.2 Å². The maximum Gasteiger partial charge on any atom is 0.327 e. The van der Waals surface area contributed by atoms with Gasteiger partial charge in [0.15, 0.2) is 0 Å². The van der Waals surface area contributed by atoms with Crippen LogP contribution in [0.3, 0.4) is 0 Å². The first-order chi connectivity index (χ1) is 17.6. The second-order valence-corrected chi connectivity index (χ2v) is 8.93. The van der Waals surface area contributed by atoms with Crippen molar-refractivity contribution >= 4 is 17.6 Å². The van der Waals surface area contributed by atoms with Crippen molar-refractivity contribution in [3.63, 3.8) is 0 Å². The van der Waals surface area contributed by atoms with Crippen molar-refractivity contribution < 1.29 is 18.7 Å². The monoisotopic (exact) mass is 490 g/mol. The van der Waals surface area contributed by atoms with Crippen LogP contribution in [-0.4, -0.2) is 67.8 Å². The second kappa shape index (κ2) is 10.5. The lowest BCUT2D eigenvalue weighted by atomic mass is 9.92. The molecule has 1 saturated heterocycles. The number of ether oxygens (including phenoxy) is 1. The normalized spacial score (nSPS) is 21.0. The van der Waals surface area contributed by atoms with Gasteiger partial charge in [0.25, 0.3) is 5.91 Å². The van der Waals surface area contributed by atoms with E-state index in [9.17, 15) is 14.0 Å². The number of anilines is 1. The number of rotatable bonds is 6. The number of amides is 3. The number of urea groups is 1. The van der Waals surface area contributed by atoms with E-state index in [2.05, 4.69) is 21.7 Å². The molecule has 9 nitrogen and oxygen atoms in total. The molecule has 1 atom stereocenters. The molecule has 36 heavy (non-hydrogen) atoms. The van der Waals surface area contributed by atoms with Crippen molar-refractivity contribution in [1.29, 1.82) is 5.26 Å². The summed E-state index contributed by atoms with van der Waals surface area (Å²) in [6, 6.07) is 14.5. The van der Waals surface area contributed by atoms with Gasteiger partial charge in [-0.05, 0) is 35.4 Å². The number of nitrogens with zero attached hydrogens (tertiary/aromatic N) is 4. The van der Waals surface area contributed by atoms with Gasteiger partial charge in [0.1, 0.15) is 6.67 Å². The van der Waals surface area contributed by atoms with Gasteiger partial charge in [0, 0.05) is 26.2 Å². The summed E-state index contributed by atoms with van der Waals surface area (Å²) in [7, 11) is 0. The maximum absolute atomic E-state index is 13.5. The highest BCUT2D eigenvalue weighted by Gasteiger charge is 2.41. The average molecular weight is 491 g/mol. The fourth-order valence-corrected chi connectivity index (χ4v) is 4.79. The summed E-state index contributed by atoms with van der Waals surface area (Å²) in [6.07, 6.45) is 0. The van der Waals surface area contributed by atoms with Gasteiger partial charge in [0.2, 0.25) is 0 Å². The maximum atomic E-state index is 13.5. The number of hydrogen-bond acceptors (Lipinski definition) is 6. The summed E-state index contributed by atoms with van der Waals surface area (Å²) < 4.78 is 18.8. The largest absolute Gasteiger partial charge is 0.379 e. The summed E-state index contributed by atoms with van der Waals surface area (Å²) in [4.78, 5) is 30.6. The summed E-state index contributed by atoms with van der Waals surface area (Å²) in [6.45, 7) is 4.02. The molecule has 0 bridgehead atoms. The van der Waals surface area contributed by atoms with Crippen molar-refractivity contribution in [2.75, 3.05) is 50.8 Å². The molecule has 1 fully saturated rings. The van der Waals surface area contributed by atoms with Crippen LogP contribution in [0.4, 0.5) is 14.9 Å². The Kier molecular flexibility index (Phi) is 6.95. The lowest BCUT2D eigenvalue weighted by Gasteiger charge is -2.42. The highest BCUT2D eigenvalue weighted by molar-refractivity contribution is 6.05. The second-order valence-electron chi connectivity index (χ2n) is 8.93. The molecule has 0 aliphatic carbocycles. The molecule has 3 amide bonds. The molecule has 3 aliphatic heterocycles. The van der Waals surface area contributed by atoms with Crippen LogP contribution in [-0.2, 0) is 16.2 Å². The first-order valence-corrected chi connectivity index (χ1v) is 11.9. The Balaban J connectivity index is 1.50. The zero-order valence-electron chi connectivity index (χ0n) is 19.7. The number of hydrazine groups is 1. The quantitative estimate of drug-likeness (QED) is 0.644. The van der Waals surface area contributed by atoms with Crippen LogP contribution in [0.1, 0.15) is 22.7 Å². The summed E-state index contributed by atoms with van der Waals surface area (Å²) in [5.74, 6) is -0.306. The van der Waals surface area contributed by atoms with E-state index in [1.54, 1.807) is 48.5 Å². The molecule has 2 N–H and O–H groups in total. The third-order valence-electron chi connectivity index (χ3n) is 6.67. The van der Waals surface area contributed by atoms with E-state index in [0.29, 0.717) is 60.0 Å². The Bertz CT molecular complexity index is 1220. The van der Waals surface area contributed by atoms with Crippen molar-refractivity contribution in [3.05, 3.63) is 76.5 Å². The molecule has 2 aromatic carbocycles. The fraction of sp³-hybridized carbons (Fsp3) is 0.346. The predicted molar refractivity (Wildman–Crippen MR) is 130 cm³/mol. The van der Waals surface area contributed by atoms with E-state index in [1.807, 2.05) is 5.01 Å². The van der Waals surface area contributed by atoms with E-state index < -0.39 is 18.7 Å². The third kappa shape index (κ3) is 4.81. The molecule has 10 heteroatoms. The smallest absolute Gasteiger partial charge is 0.327 e. The Morgan fingerprint density at radius 3 is 2.58 bits per heavy atom. The predicted octanol–water partition coefficient (Wildman–Crippen LogP) is 2.23. The third-order valence-corrected chi connectivity index (χ3v) is 6.67. The van der Waals surface area contributed by atoms with Crippen LogP contribution in [0.2, 0.25) is 0 Å². The van der Waals surface area contributed by atoms with Crippen LogP contribution in [0.15, 0.2) is 59.8 Å². The Labute approximate surface area is 208 Å². The average Bonchev–Trinajstić information content (AvgIpc) is 2.92. The molecule has 0 aromatic heterocycles. The molecule has 2 aromatic rings. The van der Waals surface area contributed by atoms with E-state index >= 15 is 0 Å². The molecule has 186 valence electrons. The van der Waals surface area contributed by atoms with Gasteiger partial charge in [0.05, 0.1) is 54.4 Å². The Hall–Kier alpha value is -3.78. The topological polar surface area (TPSA) is 101 Å². The van der Waals surface area contributed by atoms with Crippen molar-refractivity contribution in [2.24, 2.45) is 0 Å². The molecular formula is C26H27FN6O3. The van der Waals surface area contributed by atoms with Crippen molar-refractivity contribution in [1.82, 2.24) is 20.7 Å².